The summed E-state index contributed by atoms with van der Waals surface area (Å²) in [7, 11) is 1.37. The second-order valence-corrected chi connectivity index (χ2v) is 6.16. The van der Waals surface area contributed by atoms with Gasteiger partial charge < -0.3 is 10.1 Å². The van der Waals surface area contributed by atoms with Crippen LogP contribution in [0.2, 0.25) is 0 Å². The number of aryl methyl sites for hydroxylation is 1. The summed E-state index contributed by atoms with van der Waals surface area (Å²) in [6, 6.07) is 6.82. The standard InChI is InChI=1S/C18H25NO3/c1-13-7-6-10-15(11-13)17(20)19-16(18(21)22-2)12-14-8-4-3-5-9-14/h6-7,10-11,14,16H,3-5,8-9,12H2,1-2H3,(H,19,20)/t16-/m0/s1. The highest BCUT2D eigenvalue weighted by Crippen LogP contribution is 2.27. The van der Waals surface area contributed by atoms with E-state index in [2.05, 4.69) is 5.32 Å². The van der Waals surface area contributed by atoms with Gasteiger partial charge >= 0.3 is 5.97 Å². The Hall–Kier alpha value is -1.84. The van der Waals surface area contributed by atoms with Gasteiger partial charge in [0.1, 0.15) is 6.04 Å². The van der Waals surface area contributed by atoms with E-state index in [9.17, 15) is 9.59 Å². The average molecular weight is 303 g/mol. The van der Waals surface area contributed by atoms with Crippen LogP contribution in [0.3, 0.4) is 0 Å². The maximum atomic E-state index is 12.4. The van der Waals surface area contributed by atoms with Gasteiger partial charge in [0.05, 0.1) is 7.11 Å². The first kappa shape index (κ1) is 16.5. The van der Waals surface area contributed by atoms with Gasteiger partial charge in [-0.1, -0.05) is 49.8 Å². The number of carbonyl (C=O) groups is 2. The smallest absolute Gasteiger partial charge is 0.328 e. The number of ether oxygens (including phenoxy) is 1. The van der Waals surface area contributed by atoms with Gasteiger partial charge in [-0.2, -0.15) is 0 Å². The first-order valence-corrected chi connectivity index (χ1v) is 8.05. The molecule has 0 spiro atoms. The lowest BCUT2D eigenvalue weighted by Gasteiger charge is -2.25. The van der Waals surface area contributed by atoms with Crippen molar-refractivity contribution in [2.75, 3.05) is 7.11 Å². The van der Waals surface area contributed by atoms with Gasteiger partial charge in [-0.05, 0) is 31.4 Å². The van der Waals surface area contributed by atoms with Crippen LogP contribution in [-0.2, 0) is 9.53 Å². The van der Waals surface area contributed by atoms with Gasteiger partial charge in [0, 0.05) is 5.56 Å². The molecule has 120 valence electrons. The molecule has 0 bridgehead atoms. The molecule has 0 aliphatic heterocycles. The molecule has 1 N–H and O–H groups in total. The monoisotopic (exact) mass is 303 g/mol. The summed E-state index contributed by atoms with van der Waals surface area (Å²) in [5.74, 6) is -0.0721. The number of nitrogens with one attached hydrogen (secondary N) is 1. The van der Waals surface area contributed by atoms with Crippen LogP contribution < -0.4 is 5.32 Å². The minimum Gasteiger partial charge on any atom is -0.467 e. The third-order valence-electron chi connectivity index (χ3n) is 4.37. The molecule has 4 nitrogen and oxygen atoms in total. The van der Waals surface area contributed by atoms with E-state index in [0.29, 0.717) is 17.9 Å². The molecule has 1 aliphatic carbocycles. The fourth-order valence-corrected chi connectivity index (χ4v) is 3.14. The topological polar surface area (TPSA) is 55.4 Å². The van der Waals surface area contributed by atoms with Crippen LogP contribution in [0.1, 0.15) is 54.4 Å². The van der Waals surface area contributed by atoms with E-state index in [0.717, 1.165) is 18.4 Å². The second kappa shape index (κ2) is 7.97. The highest BCUT2D eigenvalue weighted by atomic mass is 16.5. The van der Waals surface area contributed by atoms with E-state index in [4.69, 9.17) is 4.74 Å². The largest absolute Gasteiger partial charge is 0.467 e. The van der Waals surface area contributed by atoms with Crippen molar-refractivity contribution in [3.05, 3.63) is 35.4 Å². The Morgan fingerprint density at radius 1 is 1.27 bits per heavy atom. The molecule has 1 fully saturated rings. The lowest BCUT2D eigenvalue weighted by atomic mass is 9.84. The number of amides is 1. The van der Waals surface area contributed by atoms with Crippen molar-refractivity contribution in [2.45, 2.75) is 51.5 Å². The molecule has 0 heterocycles. The minimum atomic E-state index is -0.555. The van der Waals surface area contributed by atoms with E-state index in [1.54, 1.807) is 6.07 Å². The zero-order chi connectivity index (χ0) is 15.9. The van der Waals surface area contributed by atoms with Crippen LogP contribution in [0.5, 0.6) is 0 Å². The molecule has 1 aliphatic rings. The molecule has 0 saturated heterocycles. The number of benzene rings is 1. The van der Waals surface area contributed by atoms with Crippen molar-refractivity contribution in [1.82, 2.24) is 5.32 Å². The van der Waals surface area contributed by atoms with E-state index in [-0.39, 0.29) is 11.9 Å². The summed E-state index contributed by atoms with van der Waals surface area (Å²) in [5.41, 5.74) is 1.60. The number of carbonyl (C=O) groups excluding carboxylic acids is 2. The maximum absolute atomic E-state index is 12.4. The fraction of sp³-hybridized carbons (Fsp3) is 0.556. The first-order chi connectivity index (χ1) is 10.6. The number of methoxy groups -OCH3 is 1. The molecule has 0 aromatic heterocycles. The Bertz CT molecular complexity index is 521. The molecule has 2 rings (SSSR count). The lowest BCUT2D eigenvalue weighted by Crippen LogP contribution is -2.43. The van der Waals surface area contributed by atoms with Crippen molar-refractivity contribution in [3.63, 3.8) is 0 Å². The van der Waals surface area contributed by atoms with E-state index in [1.807, 2.05) is 25.1 Å². The van der Waals surface area contributed by atoms with E-state index >= 15 is 0 Å². The summed E-state index contributed by atoms with van der Waals surface area (Å²) in [5, 5.41) is 2.85. The molecule has 1 saturated carbocycles. The third-order valence-corrected chi connectivity index (χ3v) is 4.37. The van der Waals surface area contributed by atoms with Crippen molar-refractivity contribution in [2.24, 2.45) is 5.92 Å². The van der Waals surface area contributed by atoms with Gasteiger partial charge in [-0.3, -0.25) is 4.79 Å². The number of hydrogen-bond acceptors (Lipinski definition) is 3. The molecule has 0 radical (unpaired) electrons. The van der Waals surface area contributed by atoms with Crippen LogP contribution in [-0.4, -0.2) is 25.0 Å². The number of esters is 1. The Balaban J connectivity index is 2.02. The summed E-state index contributed by atoms with van der Waals surface area (Å²) < 4.78 is 4.86. The maximum Gasteiger partial charge on any atom is 0.328 e. The van der Waals surface area contributed by atoms with Crippen LogP contribution >= 0.6 is 0 Å². The Morgan fingerprint density at radius 3 is 2.64 bits per heavy atom. The van der Waals surface area contributed by atoms with E-state index in [1.165, 1.54) is 26.4 Å². The molecule has 1 aromatic carbocycles. The van der Waals surface area contributed by atoms with E-state index < -0.39 is 6.04 Å². The molecule has 0 unspecified atom stereocenters. The van der Waals surface area contributed by atoms with Crippen LogP contribution in [0.15, 0.2) is 24.3 Å². The van der Waals surface area contributed by atoms with Gasteiger partial charge in [0.15, 0.2) is 0 Å². The highest BCUT2D eigenvalue weighted by Gasteiger charge is 2.26. The predicted octanol–water partition coefficient (Wildman–Crippen LogP) is 3.24. The molecular formula is C18H25NO3. The SMILES string of the molecule is COC(=O)[C@H](CC1CCCCC1)NC(=O)c1cccc(C)c1. The zero-order valence-corrected chi connectivity index (χ0v) is 13.4. The van der Waals surface area contributed by atoms with Crippen molar-refractivity contribution in [1.29, 1.82) is 0 Å². The molecule has 1 aromatic rings. The van der Waals surface area contributed by atoms with Crippen LogP contribution in [0.25, 0.3) is 0 Å². The minimum absolute atomic E-state index is 0.213. The molecule has 22 heavy (non-hydrogen) atoms. The summed E-state index contributed by atoms with van der Waals surface area (Å²) in [6.45, 7) is 1.94. The molecule has 1 atom stereocenters. The fourth-order valence-electron chi connectivity index (χ4n) is 3.14. The summed E-state index contributed by atoms with van der Waals surface area (Å²) >= 11 is 0. The molecule has 4 heteroatoms. The van der Waals surface area contributed by atoms with Gasteiger partial charge in [-0.25, -0.2) is 4.79 Å². The summed E-state index contributed by atoms with van der Waals surface area (Å²) in [4.78, 5) is 24.3. The highest BCUT2D eigenvalue weighted by molar-refractivity contribution is 5.96. The van der Waals surface area contributed by atoms with Gasteiger partial charge in [0.25, 0.3) is 5.91 Å². The Labute approximate surface area is 132 Å². The molecular weight excluding hydrogens is 278 g/mol. The quantitative estimate of drug-likeness (QED) is 0.850. The normalized spacial score (nSPS) is 16.8. The third kappa shape index (κ3) is 4.58. The summed E-state index contributed by atoms with van der Waals surface area (Å²) in [6.07, 6.45) is 6.63. The van der Waals surface area contributed by atoms with Crippen LogP contribution in [0.4, 0.5) is 0 Å². The molecule has 1 amide bonds. The number of rotatable bonds is 5. The van der Waals surface area contributed by atoms with Crippen molar-refractivity contribution in [3.8, 4) is 0 Å². The van der Waals surface area contributed by atoms with Gasteiger partial charge in [0.2, 0.25) is 0 Å². The van der Waals surface area contributed by atoms with Crippen LogP contribution in [0, 0.1) is 12.8 Å². The zero-order valence-electron chi connectivity index (χ0n) is 13.4. The lowest BCUT2D eigenvalue weighted by molar-refractivity contribution is -0.143. The number of hydrogen-bond donors (Lipinski definition) is 1. The van der Waals surface area contributed by atoms with Crippen molar-refractivity contribution >= 4 is 11.9 Å². The second-order valence-electron chi connectivity index (χ2n) is 6.16. The average Bonchev–Trinajstić information content (AvgIpc) is 2.54. The Kier molecular flexibility index (Phi) is 5.99. The first-order valence-electron chi connectivity index (χ1n) is 8.05. The Morgan fingerprint density at radius 2 is 2.00 bits per heavy atom. The van der Waals surface area contributed by atoms with Gasteiger partial charge in [-0.15, -0.1) is 0 Å². The predicted molar refractivity (Wildman–Crippen MR) is 85.6 cm³/mol. The van der Waals surface area contributed by atoms with Crippen molar-refractivity contribution < 1.29 is 14.3 Å².